The van der Waals surface area contributed by atoms with E-state index in [9.17, 15) is 0 Å². The average Bonchev–Trinajstić information content (AvgIpc) is 3.56. The molecule has 0 atom stereocenters. The fraction of sp³-hybridized carbons (Fsp3) is 0. The largest absolute Gasteiger partial charge is 0.456 e. The molecule has 0 amide bonds. The van der Waals surface area contributed by atoms with Crippen LogP contribution in [0.3, 0.4) is 0 Å². The van der Waals surface area contributed by atoms with Gasteiger partial charge in [-0.3, -0.25) is 0 Å². The third-order valence-electron chi connectivity index (χ3n) is 10.1. The first-order valence-electron chi connectivity index (χ1n) is 16.8. The molecular weight excluding hydrogens is 593 g/mol. The summed E-state index contributed by atoms with van der Waals surface area (Å²) in [6.07, 6.45) is 0. The van der Waals surface area contributed by atoms with Crippen molar-refractivity contribution in [1.82, 2.24) is 0 Å². The summed E-state index contributed by atoms with van der Waals surface area (Å²) in [6.45, 7) is 0. The topological polar surface area (TPSA) is 13.1 Å². The molecule has 0 saturated heterocycles. The molecule has 1 heterocycles. The Hall–Kier alpha value is -6.44. The predicted molar refractivity (Wildman–Crippen MR) is 208 cm³/mol. The fourth-order valence-electron chi connectivity index (χ4n) is 7.86. The fourth-order valence-corrected chi connectivity index (χ4v) is 7.86. The first kappa shape index (κ1) is 27.7. The number of rotatable bonds is 4. The van der Waals surface area contributed by atoms with Gasteiger partial charge >= 0.3 is 0 Å². The summed E-state index contributed by atoms with van der Waals surface area (Å²) in [5.74, 6) is 0. The third kappa shape index (κ3) is 4.40. The predicted octanol–water partition coefficient (Wildman–Crippen LogP) is 13.7. The summed E-state index contributed by atoms with van der Waals surface area (Å²) in [5, 5.41) is 9.69. The van der Waals surface area contributed by atoms with Crippen molar-refractivity contribution in [3.8, 4) is 44.5 Å². The smallest absolute Gasteiger partial charge is 0.136 e. The van der Waals surface area contributed by atoms with Crippen molar-refractivity contribution >= 4 is 54.3 Å². The van der Waals surface area contributed by atoms with E-state index in [1.807, 2.05) is 6.07 Å². The van der Waals surface area contributed by atoms with E-state index in [0.29, 0.717) is 0 Å². The van der Waals surface area contributed by atoms with Gasteiger partial charge in [-0.25, -0.2) is 0 Å². The molecule has 0 saturated carbocycles. The summed E-state index contributed by atoms with van der Waals surface area (Å²) in [5.41, 5.74) is 11.5. The number of hydrogen-bond donors (Lipinski definition) is 0. The van der Waals surface area contributed by atoms with Crippen molar-refractivity contribution in [2.24, 2.45) is 0 Å². The Morgan fingerprint density at radius 3 is 1.71 bits per heavy atom. The minimum atomic E-state index is 0.904. The Balaban J connectivity index is 1.35. The van der Waals surface area contributed by atoms with Crippen LogP contribution in [-0.2, 0) is 0 Å². The maximum atomic E-state index is 6.42. The van der Waals surface area contributed by atoms with Crippen LogP contribution in [0.5, 0.6) is 0 Å². The summed E-state index contributed by atoms with van der Waals surface area (Å²) < 4.78 is 6.42. The molecule has 10 rings (SSSR count). The molecule has 49 heavy (non-hydrogen) atoms. The normalized spacial score (nSPS) is 11.7. The van der Waals surface area contributed by atoms with Gasteiger partial charge in [0.15, 0.2) is 0 Å². The maximum absolute atomic E-state index is 6.42. The Kier molecular flexibility index (Phi) is 6.25. The molecule has 0 aliphatic carbocycles. The summed E-state index contributed by atoms with van der Waals surface area (Å²) in [6, 6.07) is 65.9. The van der Waals surface area contributed by atoms with Crippen LogP contribution in [0, 0.1) is 0 Å². The number of furan rings is 1. The maximum Gasteiger partial charge on any atom is 0.136 e. The monoisotopic (exact) mass is 622 g/mol. The lowest BCUT2D eigenvalue weighted by atomic mass is 9.82. The quantitative estimate of drug-likeness (QED) is 0.178. The number of fused-ring (bicyclic) bond motifs is 6. The van der Waals surface area contributed by atoms with Crippen LogP contribution < -0.4 is 0 Å². The lowest BCUT2D eigenvalue weighted by Gasteiger charge is -2.21. The molecule has 0 fully saturated rings. The van der Waals surface area contributed by atoms with Crippen molar-refractivity contribution in [3.05, 3.63) is 182 Å². The van der Waals surface area contributed by atoms with Gasteiger partial charge in [-0.15, -0.1) is 0 Å². The number of hydrogen-bond acceptors (Lipinski definition) is 1. The van der Waals surface area contributed by atoms with E-state index in [2.05, 4.69) is 176 Å². The first-order chi connectivity index (χ1) is 24.3. The molecule has 1 aromatic heterocycles. The molecule has 1 heteroatoms. The Morgan fingerprint density at radius 2 is 0.878 bits per heavy atom. The SMILES string of the molecule is c1ccc(-c2ccc3c(-c4ccccc4-c4ccc5ccccc5c4)c4ccccc4c(-c4cccc5oc6ccccc6c45)c3c2)cc1. The highest BCUT2D eigenvalue weighted by Gasteiger charge is 2.22. The Labute approximate surface area is 284 Å². The molecule has 1 nitrogen and oxygen atoms in total. The molecule has 0 N–H and O–H groups in total. The lowest BCUT2D eigenvalue weighted by Crippen LogP contribution is -1.94. The van der Waals surface area contributed by atoms with Crippen LogP contribution in [0.15, 0.2) is 186 Å². The molecule has 10 aromatic rings. The minimum absolute atomic E-state index is 0.904. The zero-order valence-electron chi connectivity index (χ0n) is 26.7. The summed E-state index contributed by atoms with van der Waals surface area (Å²) in [7, 11) is 0. The molecule has 0 radical (unpaired) electrons. The van der Waals surface area contributed by atoms with Gasteiger partial charge in [-0.1, -0.05) is 158 Å². The molecule has 0 bridgehead atoms. The molecular formula is C48H30O. The van der Waals surface area contributed by atoms with Crippen molar-refractivity contribution in [3.63, 3.8) is 0 Å². The highest BCUT2D eigenvalue weighted by atomic mass is 16.3. The lowest BCUT2D eigenvalue weighted by molar-refractivity contribution is 0.669. The Bertz CT molecular complexity index is 2870. The number of benzene rings is 9. The highest BCUT2D eigenvalue weighted by Crippen LogP contribution is 2.49. The van der Waals surface area contributed by atoms with Gasteiger partial charge in [0.2, 0.25) is 0 Å². The van der Waals surface area contributed by atoms with Crippen molar-refractivity contribution in [2.75, 3.05) is 0 Å². The van der Waals surface area contributed by atoms with Crippen molar-refractivity contribution in [1.29, 1.82) is 0 Å². The zero-order valence-corrected chi connectivity index (χ0v) is 26.7. The molecule has 0 aliphatic rings. The molecule has 0 unspecified atom stereocenters. The van der Waals surface area contributed by atoms with Gasteiger partial charge < -0.3 is 4.42 Å². The highest BCUT2D eigenvalue weighted by molar-refractivity contribution is 6.26. The van der Waals surface area contributed by atoms with E-state index in [1.54, 1.807) is 0 Å². The standard InChI is InChI=1S/C48H30O/c1-2-13-31(14-3-1)34-27-28-40-43(30-34)47(42-22-12-24-45-48(42)41-21-10-11-23-44(41)49-45)39-20-9-8-19-38(39)46(40)37-18-7-6-17-36(37)35-26-25-32-15-4-5-16-33(32)29-35/h1-30H. The minimum Gasteiger partial charge on any atom is -0.456 e. The zero-order chi connectivity index (χ0) is 32.3. The van der Waals surface area contributed by atoms with Crippen LogP contribution in [-0.4, -0.2) is 0 Å². The van der Waals surface area contributed by atoms with Gasteiger partial charge in [-0.2, -0.15) is 0 Å². The van der Waals surface area contributed by atoms with E-state index in [-0.39, 0.29) is 0 Å². The van der Waals surface area contributed by atoms with E-state index in [4.69, 9.17) is 4.42 Å². The second-order valence-electron chi connectivity index (χ2n) is 12.8. The van der Waals surface area contributed by atoms with Gasteiger partial charge in [0.25, 0.3) is 0 Å². The van der Waals surface area contributed by atoms with Gasteiger partial charge in [0.1, 0.15) is 11.2 Å². The van der Waals surface area contributed by atoms with Crippen molar-refractivity contribution in [2.45, 2.75) is 0 Å². The van der Waals surface area contributed by atoms with Crippen LogP contribution >= 0.6 is 0 Å². The third-order valence-corrected chi connectivity index (χ3v) is 10.1. The molecule has 0 spiro atoms. The molecule has 0 aliphatic heterocycles. The van der Waals surface area contributed by atoms with Crippen molar-refractivity contribution < 1.29 is 4.42 Å². The van der Waals surface area contributed by atoms with Gasteiger partial charge in [0, 0.05) is 10.8 Å². The average molecular weight is 623 g/mol. The summed E-state index contributed by atoms with van der Waals surface area (Å²) in [4.78, 5) is 0. The molecule has 228 valence electrons. The van der Waals surface area contributed by atoms with E-state index in [0.717, 1.165) is 21.9 Å². The van der Waals surface area contributed by atoms with E-state index < -0.39 is 0 Å². The van der Waals surface area contributed by atoms with E-state index in [1.165, 1.54) is 76.8 Å². The van der Waals surface area contributed by atoms with Gasteiger partial charge in [-0.05, 0) is 101 Å². The van der Waals surface area contributed by atoms with E-state index >= 15 is 0 Å². The first-order valence-corrected chi connectivity index (χ1v) is 16.8. The van der Waals surface area contributed by atoms with Gasteiger partial charge in [0.05, 0.1) is 0 Å². The van der Waals surface area contributed by atoms with Crippen LogP contribution in [0.2, 0.25) is 0 Å². The molecule has 9 aromatic carbocycles. The number of para-hydroxylation sites is 1. The second-order valence-corrected chi connectivity index (χ2v) is 12.8. The van der Waals surface area contributed by atoms with Crippen LogP contribution in [0.1, 0.15) is 0 Å². The van der Waals surface area contributed by atoms with Crippen LogP contribution in [0.25, 0.3) is 98.8 Å². The second kappa shape index (κ2) is 11.1. The summed E-state index contributed by atoms with van der Waals surface area (Å²) >= 11 is 0. The van der Waals surface area contributed by atoms with Crippen LogP contribution in [0.4, 0.5) is 0 Å². The Morgan fingerprint density at radius 1 is 0.286 bits per heavy atom.